The molecule has 1 atom stereocenters. The van der Waals surface area contributed by atoms with Crippen LogP contribution in [0.3, 0.4) is 0 Å². The SMILES string of the molecule is CN1CCN(CC2(CNc3nnc([C@H](N)Cc4ccccc4)o3)CC2)CC1. The lowest BCUT2D eigenvalue weighted by molar-refractivity contribution is 0.133. The van der Waals surface area contributed by atoms with Crippen LogP contribution >= 0.6 is 0 Å². The van der Waals surface area contributed by atoms with Gasteiger partial charge in [0.1, 0.15) is 0 Å². The van der Waals surface area contributed by atoms with Gasteiger partial charge in [0, 0.05) is 44.7 Å². The predicted molar refractivity (Wildman–Crippen MR) is 105 cm³/mol. The molecule has 2 aromatic rings. The van der Waals surface area contributed by atoms with E-state index in [1.807, 2.05) is 18.2 Å². The number of hydrogen-bond donors (Lipinski definition) is 2. The van der Waals surface area contributed by atoms with Gasteiger partial charge in [0.25, 0.3) is 0 Å². The zero-order valence-electron chi connectivity index (χ0n) is 16.1. The summed E-state index contributed by atoms with van der Waals surface area (Å²) in [6.07, 6.45) is 3.22. The van der Waals surface area contributed by atoms with Crippen LogP contribution in [0.25, 0.3) is 0 Å². The molecule has 0 amide bonds. The van der Waals surface area contributed by atoms with Crippen LogP contribution < -0.4 is 11.1 Å². The van der Waals surface area contributed by atoms with Crippen molar-refractivity contribution in [3.8, 4) is 0 Å². The van der Waals surface area contributed by atoms with Crippen LogP contribution in [0.5, 0.6) is 0 Å². The first kappa shape index (κ1) is 18.4. The molecule has 0 bridgehead atoms. The smallest absolute Gasteiger partial charge is 0.315 e. The highest BCUT2D eigenvalue weighted by molar-refractivity contribution is 5.22. The van der Waals surface area contributed by atoms with E-state index < -0.39 is 0 Å². The minimum Gasteiger partial charge on any atom is -0.406 e. The van der Waals surface area contributed by atoms with Gasteiger partial charge in [-0.25, -0.2) is 0 Å². The first-order chi connectivity index (χ1) is 13.1. The summed E-state index contributed by atoms with van der Waals surface area (Å²) in [5.41, 5.74) is 7.76. The fourth-order valence-corrected chi connectivity index (χ4v) is 3.72. The Hall–Kier alpha value is -1.96. The lowest BCUT2D eigenvalue weighted by Crippen LogP contribution is -2.47. The van der Waals surface area contributed by atoms with Gasteiger partial charge in [-0.15, -0.1) is 5.10 Å². The zero-order valence-corrected chi connectivity index (χ0v) is 16.1. The van der Waals surface area contributed by atoms with Gasteiger partial charge in [0.05, 0.1) is 6.04 Å². The molecule has 7 nitrogen and oxygen atoms in total. The molecule has 2 fully saturated rings. The van der Waals surface area contributed by atoms with Crippen LogP contribution in [0.15, 0.2) is 34.7 Å². The van der Waals surface area contributed by atoms with Crippen molar-refractivity contribution in [1.29, 1.82) is 0 Å². The first-order valence-electron chi connectivity index (χ1n) is 9.90. The van der Waals surface area contributed by atoms with Crippen LogP contribution in [0.1, 0.15) is 30.3 Å². The number of likely N-dealkylation sites (N-methyl/N-ethyl adjacent to an activating group) is 1. The molecule has 1 aliphatic heterocycles. The molecule has 1 saturated carbocycles. The van der Waals surface area contributed by atoms with Crippen molar-refractivity contribution in [2.24, 2.45) is 11.1 Å². The van der Waals surface area contributed by atoms with Crippen molar-refractivity contribution >= 4 is 6.01 Å². The molecule has 1 aromatic heterocycles. The van der Waals surface area contributed by atoms with Crippen LogP contribution in [-0.2, 0) is 6.42 Å². The van der Waals surface area contributed by atoms with Gasteiger partial charge in [-0.3, -0.25) is 0 Å². The number of nitrogens with zero attached hydrogens (tertiary/aromatic N) is 4. The van der Waals surface area contributed by atoms with E-state index in [2.05, 4.69) is 44.5 Å². The fourth-order valence-electron chi connectivity index (χ4n) is 3.72. The van der Waals surface area contributed by atoms with E-state index in [0.29, 0.717) is 23.7 Å². The average molecular weight is 371 g/mol. The monoisotopic (exact) mass is 370 g/mol. The fraction of sp³-hybridized carbons (Fsp3) is 0.600. The molecular formula is C20H30N6O. The van der Waals surface area contributed by atoms with E-state index in [4.69, 9.17) is 10.2 Å². The van der Waals surface area contributed by atoms with Crippen LogP contribution in [0.4, 0.5) is 6.01 Å². The van der Waals surface area contributed by atoms with Crippen LogP contribution in [-0.4, -0.2) is 66.3 Å². The second kappa shape index (κ2) is 7.96. The Balaban J connectivity index is 1.27. The highest BCUT2D eigenvalue weighted by atomic mass is 16.4. The molecule has 146 valence electrons. The summed E-state index contributed by atoms with van der Waals surface area (Å²) in [6.45, 7) is 6.69. The molecule has 3 N–H and O–H groups in total. The molecule has 1 saturated heterocycles. The lowest BCUT2D eigenvalue weighted by Gasteiger charge is -2.34. The molecule has 2 aliphatic rings. The van der Waals surface area contributed by atoms with Crippen molar-refractivity contribution in [3.05, 3.63) is 41.8 Å². The number of nitrogens with one attached hydrogen (secondary N) is 1. The molecule has 2 heterocycles. The van der Waals surface area contributed by atoms with Gasteiger partial charge >= 0.3 is 6.01 Å². The van der Waals surface area contributed by atoms with E-state index in [1.54, 1.807) is 0 Å². The quantitative estimate of drug-likeness (QED) is 0.732. The summed E-state index contributed by atoms with van der Waals surface area (Å²) >= 11 is 0. The summed E-state index contributed by atoms with van der Waals surface area (Å²) in [7, 11) is 2.20. The van der Waals surface area contributed by atoms with Gasteiger partial charge in [-0.2, -0.15) is 0 Å². The molecule has 4 rings (SSSR count). The summed E-state index contributed by atoms with van der Waals surface area (Å²) in [4.78, 5) is 4.98. The summed E-state index contributed by atoms with van der Waals surface area (Å²) in [5.74, 6) is 0.491. The van der Waals surface area contributed by atoms with Crippen LogP contribution in [0, 0.1) is 5.41 Å². The number of piperazine rings is 1. The Morgan fingerprint density at radius 1 is 1.15 bits per heavy atom. The first-order valence-corrected chi connectivity index (χ1v) is 9.90. The molecule has 0 radical (unpaired) electrons. The molecule has 7 heteroatoms. The van der Waals surface area contributed by atoms with E-state index in [1.165, 1.54) is 18.4 Å². The number of benzene rings is 1. The van der Waals surface area contributed by atoms with E-state index in [-0.39, 0.29) is 6.04 Å². The highest BCUT2D eigenvalue weighted by Gasteiger charge is 2.44. The Morgan fingerprint density at radius 2 is 1.89 bits per heavy atom. The van der Waals surface area contributed by atoms with Gasteiger partial charge in [-0.1, -0.05) is 35.4 Å². The normalized spacial score (nSPS) is 21.1. The lowest BCUT2D eigenvalue weighted by atomic mass is 10.1. The van der Waals surface area contributed by atoms with Gasteiger partial charge in [0.2, 0.25) is 5.89 Å². The number of anilines is 1. The van der Waals surface area contributed by atoms with Crippen molar-refractivity contribution in [3.63, 3.8) is 0 Å². The van der Waals surface area contributed by atoms with Crippen molar-refractivity contribution in [2.45, 2.75) is 25.3 Å². The maximum absolute atomic E-state index is 6.23. The topological polar surface area (TPSA) is 83.5 Å². The Labute approximate surface area is 160 Å². The van der Waals surface area contributed by atoms with Crippen LogP contribution in [0.2, 0.25) is 0 Å². The number of nitrogens with two attached hydrogens (primary N) is 1. The molecule has 0 spiro atoms. The summed E-state index contributed by atoms with van der Waals surface area (Å²) in [6, 6.07) is 10.3. The summed E-state index contributed by atoms with van der Waals surface area (Å²) < 4.78 is 5.77. The largest absolute Gasteiger partial charge is 0.406 e. The van der Waals surface area contributed by atoms with E-state index in [9.17, 15) is 0 Å². The predicted octanol–water partition coefficient (Wildman–Crippen LogP) is 1.75. The molecule has 1 aromatic carbocycles. The van der Waals surface area contributed by atoms with E-state index in [0.717, 1.165) is 39.3 Å². The molecular weight excluding hydrogens is 340 g/mol. The molecule has 1 aliphatic carbocycles. The van der Waals surface area contributed by atoms with Crippen molar-refractivity contribution < 1.29 is 4.42 Å². The Kier molecular flexibility index (Phi) is 5.43. The van der Waals surface area contributed by atoms with Gasteiger partial charge in [0.15, 0.2) is 0 Å². The standard InChI is InChI=1S/C20H30N6O/c1-25-9-11-26(12-10-25)15-20(7-8-20)14-22-19-24-23-18(27-19)17(21)13-16-5-3-2-4-6-16/h2-6,17H,7-15,21H2,1H3,(H,22,24)/t17-/m1/s1. The average Bonchev–Trinajstić information content (AvgIpc) is 3.27. The summed E-state index contributed by atoms with van der Waals surface area (Å²) in [5, 5.41) is 11.6. The van der Waals surface area contributed by atoms with Gasteiger partial charge < -0.3 is 25.3 Å². The minimum absolute atomic E-state index is 0.282. The zero-order chi connectivity index (χ0) is 18.7. The Bertz CT molecular complexity index is 721. The third-order valence-electron chi connectivity index (χ3n) is 5.78. The third kappa shape index (κ3) is 4.86. The number of hydrogen-bond acceptors (Lipinski definition) is 7. The van der Waals surface area contributed by atoms with Crippen molar-refractivity contribution in [2.75, 3.05) is 51.6 Å². The van der Waals surface area contributed by atoms with E-state index >= 15 is 0 Å². The maximum Gasteiger partial charge on any atom is 0.315 e. The van der Waals surface area contributed by atoms with Crippen molar-refractivity contribution in [1.82, 2.24) is 20.0 Å². The third-order valence-corrected chi connectivity index (χ3v) is 5.78. The minimum atomic E-state index is -0.282. The second-order valence-electron chi connectivity index (χ2n) is 8.17. The molecule has 0 unspecified atom stereocenters. The molecule has 27 heavy (non-hydrogen) atoms. The number of rotatable bonds is 8. The second-order valence-corrected chi connectivity index (χ2v) is 8.17. The Morgan fingerprint density at radius 3 is 2.59 bits per heavy atom. The maximum atomic E-state index is 6.23. The highest BCUT2D eigenvalue weighted by Crippen LogP contribution is 2.46. The van der Waals surface area contributed by atoms with Gasteiger partial charge in [-0.05, 0) is 31.9 Å². The number of aromatic nitrogens is 2.